The molecule has 7 heteroatoms. The maximum atomic E-state index is 13.8. The first kappa shape index (κ1) is 13.3. The van der Waals surface area contributed by atoms with Crippen molar-refractivity contribution in [3.8, 4) is 0 Å². The Balaban J connectivity index is 2.38. The monoisotopic (exact) mass is 270 g/mol. The van der Waals surface area contributed by atoms with Crippen molar-refractivity contribution in [1.29, 1.82) is 0 Å². The zero-order chi connectivity index (χ0) is 14.2. The number of ether oxygens (including phenoxy) is 1. The van der Waals surface area contributed by atoms with Gasteiger partial charge in [-0.25, -0.2) is 0 Å². The van der Waals surface area contributed by atoms with Gasteiger partial charge in [0.1, 0.15) is 6.54 Å². The predicted molar refractivity (Wildman–Crippen MR) is 63.7 cm³/mol. The Hall–Kier alpha value is -2.18. The number of nitrogens with zero attached hydrogens (tertiary/aromatic N) is 1. The summed E-state index contributed by atoms with van der Waals surface area (Å²) in [6.07, 6.45) is 0. The van der Waals surface area contributed by atoms with E-state index in [1.54, 1.807) is 6.92 Å². The van der Waals surface area contributed by atoms with E-state index in [0.717, 1.165) is 6.07 Å². The van der Waals surface area contributed by atoms with Gasteiger partial charge in [-0.2, -0.15) is 8.78 Å². The molecule has 1 aliphatic heterocycles. The highest BCUT2D eigenvalue weighted by Gasteiger charge is 2.53. The van der Waals surface area contributed by atoms with Crippen molar-refractivity contribution in [2.75, 3.05) is 23.8 Å². The van der Waals surface area contributed by atoms with Crippen LogP contribution >= 0.6 is 0 Å². The molecular formula is C12H12F2N2O3. The number of amides is 1. The molecule has 0 saturated heterocycles. The van der Waals surface area contributed by atoms with Gasteiger partial charge in [0.2, 0.25) is 0 Å². The summed E-state index contributed by atoms with van der Waals surface area (Å²) in [5.74, 6) is -5.85. The molecule has 0 unspecified atom stereocenters. The summed E-state index contributed by atoms with van der Waals surface area (Å²) >= 11 is 0. The van der Waals surface area contributed by atoms with Gasteiger partial charge in [-0.3, -0.25) is 14.5 Å². The highest BCUT2D eigenvalue weighted by molar-refractivity contribution is 6.08. The van der Waals surface area contributed by atoms with Crippen molar-refractivity contribution < 1.29 is 23.1 Å². The summed E-state index contributed by atoms with van der Waals surface area (Å²) in [7, 11) is 0. The fourth-order valence-electron chi connectivity index (χ4n) is 1.93. The van der Waals surface area contributed by atoms with E-state index in [2.05, 4.69) is 4.74 Å². The number of carbonyl (C=O) groups excluding carboxylic acids is 2. The lowest BCUT2D eigenvalue weighted by Gasteiger charge is -2.16. The lowest BCUT2D eigenvalue weighted by Crippen LogP contribution is -2.38. The van der Waals surface area contributed by atoms with Crippen molar-refractivity contribution >= 4 is 23.3 Å². The average molecular weight is 270 g/mol. The second-order valence-electron chi connectivity index (χ2n) is 4.05. The zero-order valence-electron chi connectivity index (χ0n) is 10.2. The molecule has 0 bridgehead atoms. The lowest BCUT2D eigenvalue weighted by molar-refractivity contribution is -0.146. The lowest BCUT2D eigenvalue weighted by atomic mass is 10.1. The van der Waals surface area contributed by atoms with Gasteiger partial charge in [0, 0.05) is 5.69 Å². The van der Waals surface area contributed by atoms with Gasteiger partial charge in [-0.15, -0.1) is 0 Å². The number of halogens is 2. The summed E-state index contributed by atoms with van der Waals surface area (Å²) < 4.78 is 32.3. The van der Waals surface area contributed by atoms with Gasteiger partial charge in [-0.05, 0) is 25.1 Å². The molecule has 0 saturated carbocycles. The molecule has 19 heavy (non-hydrogen) atoms. The molecular weight excluding hydrogens is 258 g/mol. The number of fused-ring (bicyclic) bond motifs is 1. The van der Waals surface area contributed by atoms with Crippen molar-refractivity contribution in [3.05, 3.63) is 23.8 Å². The van der Waals surface area contributed by atoms with Crippen molar-refractivity contribution in [1.82, 2.24) is 0 Å². The number of hydrogen-bond acceptors (Lipinski definition) is 4. The van der Waals surface area contributed by atoms with Gasteiger partial charge >= 0.3 is 17.8 Å². The summed E-state index contributed by atoms with van der Waals surface area (Å²) in [5, 5.41) is 0. The molecule has 2 N–H and O–H groups in total. The molecule has 1 aromatic carbocycles. The zero-order valence-corrected chi connectivity index (χ0v) is 10.2. The van der Waals surface area contributed by atoms with Crippen LogP contribution in [0.2, 0.25) is 0 Å². The van der Waals surface area contributed by atoms with Crippen LogP contribution in [-0.4, -0.2) is 25.0 Å². The van der Waals surface area contributed by atoms with E-state index < -0.39 is 29.9 Å². The molecule has 1 aromatic rings. The molecule has 0 fully saturated rings. The van der Waals surface area contributed by atoms with Gasteiger partial charge < -0.3 is 10.5 Å². The van der Waals surface area contributed by atoms with Gasteiger partial charge in [0.05, 0.1) is 17.9 Å². The number of rotatable bonds is 3. The largest absolute Gasteiger partial charge is 0.465 e. The molecule has 0 atom stereocenters. The highest BCUT2D eigenvalue weighted by Crippen LogP contribution is 2.44. The molecule has 5 nitrogen and oxygen atoms in total. The Morgan fingerprint density at radius 1 is 1.47 bits per heavy atom. The van der Waals surface area contributed by atoms with E-state index in [-0.39, 0.29) is 18.0 Å². The van der Waals surface area contributed by atoms with E-state index in [1.807, 2.05) is 0 Å². The van der Waals surface area contributed by atoms with E-state index in [9.17, 15) is 18.4 Å². The Labute approximate surface area is 107 Å². The number of anilines is 2. The van der Waals surface area contributed by atoms with Crippen LogP contribution < -0.4 is 10.6 Å². The topological polar surface area (TPSA) is 72.6 Å². The van der Waals surface area contributed by atoms with E-state index >= 15 is 0 Å². The smallest absolute Gasteiger partial charge is 0.352 e. The number of carbonyl (C=O) groups is 2. The Morgan fingerprint density at radius 3 is 2.79 bits per heavy atom. The Morgan fingerprint density at radius 2 is 2.16 bits per heavy atom. The second kappa shape index (κ2) is 4.49. The average Bonchev–Trinajstić information content (AvgIpc) is 2.51. The predicted octanol–water partition coefficient (Wildman–Crippen LogP) is 1.27. The molecule has 2 rings (SSSR count). The summed E-state index contributed by atoms with van der Waals surface area (Å²) in [4.78, 5) is 23.7. The maximum absolute atomic E-state index is 13.8. The van der Waals surface area contributed by atoms with Crippen LogP contribution in [0.4, 0.5) is 20.2 Å². The van der Waals surface area contributed by atoms with Crippen molar-refractivity contribution in [2.24, 2.45) is 0 Å². The van der Waals surface area contributed by atoms with Gasteiger partial charge in [0.25, 0.3) is 0 Å². The van der Waals surface area contributed by atoms with E-state index in [1.165, 1.54) is 12.1 Å². The summed E-state index contributed by atoms with van der Waals surface area (Å²) in [6, 6.07) is 3.73. The minimum absolute atomic E-state index is 0.0164. The third-order valence-corrected chi connectivity index (χ3v) is 2.76. The number of esters is 1. The quantitative estimate of drug-likeness (QED) is 0.663. The maximum Gasteiger partial charge on any atom is 0.352 e. The molecule has 1 heterocycles. The standard InChI is InChI=1S/C12H12F2N2O3/c1-2-19-10(17)6-16-9-4-3-7(15)5-8(9)12(13,14)11(16)18/h3-5H,2,6,15H2,1H3. The fourth-order valence-corrected chi connectivity index (χ4v) is 1.93. The van der Waals surface area contributed by atoms with Crippen LogP contribution in [0.5, 0.6) is 0 Å². The first-order valence-electron chi connectivity index (χ1n) is 5.63. The van der Waals surface area contributed by atoms with E-state index in [4.69, 9.17) is 5.73 Å². The van der Waals surface area contributed by atoms with Crippen LogP contribution in [0, 0.1) is 0 Å². The van der Waals surface area contributed by atoms with Crippen molar-refractivity contribution in [3.63, 3.8) is 0 Å². The van der Waals surface area contributed by atoms with Crippen LogP contribution in [0.25, 0.3) is 0 Å². The fraction of sp³-hybridized carbons (Fsp3) is 0.333. The van der Waals surface area contributed by atoms with Gasteiger partial charge in [-0.1, -0.05) is 0 Å². The Kier molecular flexibility index (Phi) is 3.13. The first-order valence-corrected chi connectivity index (χ1v) is 5.63. The molecule has 0 aromatic heterocycles. The summed E-state index contributed by atoms with van der Waals surface area (Å²) in [5.41, 5.74) is 5.07. The molecule has 1 amide bonds. The van der Waals surface area contributed by atoms with Crippen LogP contribution in [0.15, 0.2) is 18.2 Å². The Bertz CT molecular complexity index is 546. The molecule has 102 valence electrons. The molecule has 0 spiro atoms. The SMILES string of the molecule is CCOC(=O)CN1C(=O)C(F)(F)c2cc(N)ccc21. The minimum Gasteiger partial charge on any atom is -0.465 e. The van der Waals surface area contributed by atoms with Crippen LogP contribution in [0.1, 0.15) is 12.5 Å². The van der Waals surface area contributed by atoms with Crippen LogP contribution in [0.3, 0.4) is 0 Å². The number of nitrogen functional groups attached to an aromatic ring is 1. The van der Waals surface area contributed by atoms with Crippen molar-refractivity contribution in [2.45, 2.75) is 12.8 Å². The minimum atomic E-state index is -3.67. The highest BCUT2D eigenvalue weighted by atomic mass is 19.3. The van der Waals surface area contributed by atoms with E-state index in [0.29, 0.717) is 4.90 Å². The normalized spacial score (nSPS) is 16.4. The van der Waals surface area contributed by atoms with Crippen LogP contribution in [-0.2, 0) is 20.2 Å². The number of hydrogen-bond donors (Lipinski definition) is 1. The first-order chi connectivity index (χ1) is 8.87. The molecule has 0 aliphatic carbocycles. The number of nitrogens with two attached hydrogens (primary N) is 1. The molecule has 0 radical (unpaired) electrons. The third-order valence-electron chi connectivity index (χ3n) is 2.76. The third kappa shape index (κ3) is 2.11. The van der Waals surface area contributed by atoms with Gasteiger partial charge in [0.15, 0.2) is 0 Å². The summed E-state index contributed by atoms with van der Waals surface area (Å²) in [6.45, 7) is 1.16. The number of alkyl halides is 2. The second-order valence-corrected chi connectivity index (χ2v) is 4.05. The number of benzene rings is 1. The molecule has 1 aliphatic rings.